The smallest absolute Gasteiger partial charge is 0.417 e. The molecule has 2 aromatic carbocycles. The zero-order valence-electron chi connectivity index (χ0n) is 28.2. The molecule has 5 aliphatic heterocycles. The van der Waals surface area contributed by atoms with Crippen LogP contribution in [-0.2, 0) is 12.4 Å². The predicted molar refractivity (Wildman–Crippen MR) is 176 cm³/mol. The Balaban J connectivity index is 1.44. The number of aryl methyl sites for hydroxylation is 1. The first kappa shape index (κ1) is 35.5. The van der Waals surface area contributed by atoms with E-state index in [1.165, 1.54) is 6.07 Å². The second kappa shape index (κ2) is 12.0. The van der Waals surface area contributed by atoms with E-state index in [0.29, 0.717) is 25.8 Å². The van der Waals surface area contributed by atoms with Crippen LogP contribution in [0.1, 0.15) is 66.3 Å². The highest BCUT2D eigenvalue weighted by Crippen LogP contribution is 2.55. The van der Waals surface area contributed by atoms with Gasteiger partial charge in [0.15, 0.2) is 5.82 Å². The number of alkyl halides is 6. The number of anilines is 2. The number of piperazine rings is 1. The third kappa shape index (κ3) is 5.42. The molecule has 0 spiro atoms. The van der Waals surface area contributed by atoms with E-state index in [-0.39, 0.29) is 61.6 Å². The summed E-state index contributed by atoms with van der Waals surface area (Å²) < 4.78 is 142. The summed E-state index contributed by atoms with van der Waals surface area (Å²) in [6.07, 6.45) is -10.1. The van der Waals surface area contributed by atoms with Crippen LogP contribution in [0.4, 0.5) is 51.0 Å². The third-order valence-electron chi connectivity index (χ3n) is 11.6. The van der Waals surface area contributed by atoms with E-state index in [4.69, 9.17) is 10.5 Å². The molecule has 3 N–H and O–H groups in total. The number of hydrogen-bond acceptors (Lipinski definition) is 8. The molecule has 4 atom stereocenters. The second-order valence-corrected chi connectivity index (χ2v) is 14.7. The first-order valence-electron chi connectivity index (χ1n) is 17.1. The molecule has 2 bridgehead atoms. The van der Waals surface area contributed by atoms with Crippen LogP contribution in [0.5, 0.6) is 6.01 Å². The number of aromatic nitrogens is 2. The molecule has 53 heavy (non-hydrogen) atoms. The van der Waals surface area contributed by atoms with Crippen molar-refractivity contribution >= 4 is 28.0 Å². The third-order valence-corrected chi connectivity index (χ3v) is 11.6. The minimum absolute atomic E-state index is 0.0115. The Labute approximate surface area is 297 Å². The van der Waals surface area contributed by atoms with Gasteiger partial charge in [-0.15, -0.1) is 0 Å². The van der Waals surface area contributed by atoms with Crippen molar-refractivity contribution in [2.45, 2.75) is 81.5 Å². The van der Waals surface area contributed by atoms with Gasteiger partial charge in [0.25, 0.3) is 6.08 Å². The summed E-state index contributed by atoms with van der Waals surface area (Å²) in [7, 11) is 0. The Morgan fingerprint density at radius 2 is 1.85 bits per heavy atom. The fraction of sp³-hybridized carbons (Fsp3) is 0.472. The molecule has 0 saturated carbocycles. The molecular formula is C36H32F9N7O. The topological polar surface area (TPSA) is 103 Å². The van der Waals surface area contributed by atoms with Crippen LogP contribution in [0, 0.1) is 24.1 Å². The lowest BCUT2D eigenvalue weighted by Crippen LogP contribution is -2.58. The number of fused-ring (bicyclic) bond motifs is 6. The fourth-order valence-electron chi connectivity index (χ4n) is 9.42. The van der Waals surface area contributed by atoms with Gasteiger partial charge in [0.1, 0.15) is 24.0 Å². The maximum absolute atomic E-state index is 17.4. The van der Waals surface area contributed by atoms with E-state index < -0.39 is 97.4 Å². The van der Waals surface area contributed by atoms with Crippen LogP contribution in [0.15, 0.2) is 24.3 Å². The van der Waals surface area contributed by atoms with Crippen molar-refractivity contribution in [1.82, 2.24) is 20.2 Å². The zero-order valence-corrected chi connectivity index (χ0v) is 28.2. The number of nitriles is 1. The molecule has 3 aromatic rings. The summed E-state index contributed by atoms with van der Waals surface area (Å²) in [5.41, 5.74) is -5.07. The average Bonchev–Trinajstić information content (AvgIpc) is 3.74. The normalized spacial score (nSPS) is 25.5. The summed E-state index contributed by atoms with van der Waals surface area (Å²) in [5.74, 6) is -1.90. The van der Waals surface area contributed by atoms with Crippen molar-refractivity contribution < 1.29 is 44.3 Å². The summed E-state index contributed by atoms with van der Waals surface area (Å²) in [5, 5.41) is 13.1. The van der Waals surface area contributed by atoms with Crippen molar-refractivity contribution in [1.29, 1.82) is 5.26 Å². The molecule has 8 rings (SSSR count). The molecule has 0 unspecified atom stereocenters. The van der Waals surface area contributed by atoms with E-state index in [1.807, 2.05) is 4.90 Å². The minimum atomic E-state index is -5.48. The summed E-state index contributed by atoms with van der Waals surface area (Å²) in [6.45, 7) is 5.52. The molecule has 0 aliphatic carbocycles. The molecule has 0 amide bonds. The highest BCUT2D eigenvalue weighted by Gasteiger charge is 2.51. The highest BCUT2D eigenvalue weighted by molar-refractivity contribution is 6.06. The van der Waals surface area contributed by atoms with E-state index >= 15 is 17.6 Å². The Morgan fingerprint density at radius 3 is 2.53 bits per heavy atom. The molecule has 4 fully saturated rings. The van der Waals surface area contributed by atoms with Crippen molar-refractivity contribution in [2.75, 3.05) is 36.9 Å². The molecule has 1 aromatic heterocycles. The van der Waals surface area contributed by atoms with Gasteiger partial charge in [-0.2, -0.15) is 50.4 Å². The van der Waals surface area contributed by atoms with Crippen LogP contribution in [0.3, 0.4) is 0 Å². The molecule has 5 aliphatic rings. The minimum Gasteiger partial charge on any atom is -0.461 e. The van der Waals surface area contributed by atoms with Crippen molar-refractivity contribution in [3.8, 4) is 23.2 Å². The van der Waals surface area contributed by atoms with Gasteiger partial charge in [0.05, 0.1) is 33.3 Å². The first-order valence-corrected chi connectivity index (χ1v) is 17.1. The number of benzene rings is 2. The monoisotopic (exact) mass is 749 g/mol. The van der Waals surface area contributed by atoms with Crippen LogP contribution >= 0.6 is 0 Å². The first-order chi connectivity index (χ1) is 24.9. The predicted octanol–water partition coefficient (Wildman–Crippen LogP) is 7.73. The van der Waals surface area contributed by atoms with Crippen LogP contribution in [0.2, 0.25) is 0 Å². The zero-order chi connectivity index (χ0) is 37.9. The largest absolute Gasteiger partial charge is 0.461 e. The number of halogens is 9. The van der Waals surface area contributed by atoms with Gasteiger partial charge in [-0.3, -0.25) is 4.90 Å². The standard InChI is InChI=1S/C36H32F9N7O/c1-15-9-22-21-5-4-18(48-21)13-52(22)32-26-23(15)28(36(43,44)45)25(24-19(11-46)20(47)8-16(2)27(24)35(40,41)42)29(37)30(26)49-33(50-32)53-14-34-6-3-7-51(34)12-17(10-34)31(38)39/h8,18,21-22,48H,1,3-7,9-10,12-14,47H2,2H3/t18-,21+,22-,34+/m1/s1. The van der Waals surface area contributed by atoms with Gasteiger partial charge < -0.3 is 20.7 Å². The van der Waals surface area contributed by atoms with E-state index in [9.17, 15) is 27.2 Å². The molecular weight excluding hydrogens is 717 g/mol. The SMILES string of the molecule is C=C1C[C@@H]2[C@@H]3CC[C@H](CN2c2nc(OC[C@@]45CCCN4CC(=C(F)F)C5)nc4c(F)c(-c5c(C#N)c(N)cc(C)c5C(F)(F)F)c(C(F)(F)F)c1c24)N3. The molecule has 6 heterocycles. The van der Waals surface area contributed by atoms with Crippen LogP contribution in [-0.4, -0.2) is 64.8 Å². The molecule has 4 saturated heterocycles. The maximum Gasteiger partial charge on any atom is 0.417 e. The number of hydrogen-bond donors (Lipinski definition) is 2. The van der Waals surface area contributed by atoms with Crippen LogP contribution < -0.4 is 20.7 Å². The van der Waals surface area contributed by atoms with Gasteiger partial charge in [-0.05, 0) is 69.2 Å². The van der Waals surface area contributed by atoms with Gasteiger partial charge in [-0.1, -0.05) is 6.58 Å². The van der Waals surface area contributed by atoms with Crippen molar-refractivity contribution in [3.05, 3.63) is 57.9 Å². The van der Waals surface area contributed by atoms with E-state index in [0.717, 1.165) is 19.4 Å². The maximum atomic E-state index is 17.4. The molecule has 8 nitrogen and oxygen atoms in total. The number of nitrogens with two attached hydrogens (primary N) is 1. The number of rotatable bonds is 4. The molecule has 0 radical (unpaired) electrons. The lowest BCUT2D eigenvalue weighted by Gasteiger charge is -2.41. The lowest BCUT2D eigenvalue weighted by atomic mass is 9.82. The Bertz CT molecular complexity index is 2170. The lowest BCUT2D eigenvalue weighted by molar-refractivity contribution is -0.139. The van der Waals surface area contributed by atoms with E-state index in [2.05, 4.69) is 21.9 Å². The fourth-order valence-corrected chi connectivity index (χ4v) is 9.42. The molecule has 17 heteroatoms. The van der Waals surface area contributed by atoms with Crippen LogP contribution in [0.25, 0.3) is 27.6 Å². The number of nitrogen functional groups attached to an aromatic ring is 1. The Morgan fingerprint density at radius 1 is 1.11 bits per heavy atom. The number of nitrogens with one attached hydrogen (secondary N) is 1. The Kier molecular flexibility index (Phi) is 8.01. The average molecular weight is 750 g/mol. The van der Waals surface area contributed by atoms with Gasteiger partial charge in [-0.25, -0.2) is 4.39 Å². The number of nitrogens with zero attached hydrogens (tertiary/aromatic N) is 5. The van der Waals surface area contributed by atoms with Gasteiger partial charge in [0.2, 0.25) is 0 Å². The summed E-state index contributed by atoms with van der Waals surface area (Å²) in [4.78, 5) is 12.4. The highest BCUT2D eigenvalue weighted by atomic mass is 19.4. The van der Waals surface area contributed by atoms with E-state index in [1.54, 1.807) is 4.90 Å². The van der Waals surface area contributed by atoms with Gasteiger partial charge >= 0.3 is 18.4 Å². The molecule has 280 valence electrons. The van der Waals surface area contributed by atoms with Gasteiger partial charge in [0, 0.05) is 53.5 Å². The summed E-state index contributed by atoms with van der Waals surface area (Å²) >= 11 is 0. The quantitative estimate of drug-likeness (QED) is 0.207. The Hall–Kier alpha value is -4.56. The van der Waals surface area contributed by atoms with Crippen molar-refractivity contribution in [3.63, 3.8) is 0 Å². The second-order valence-electron chi connectivity index (χ2n) is 14.7. The number of ether oxygens (including phenoxy) is 1. The van der Waals surface area contributed by atoms with Crippen molar-refractivity contribution in [2.24, 2.45) is 0 Å². The summed E-state index contributed by atoms with van der Waals surface area (Å²) in [6, 6.07) is 0.964.